The lowest BCUT2D eigenvalue weighted by molar-refractivity contribution is 0.443. The topological polar surface area (TPSA) is 34.1 Å². The molecule has 1 aliphatic rings. The molecule has 0 heterocycles. The van der Waals surface area contributed by atoms with Crippen LogP contribution >= 0.6 is 0 Å². The summed E-state index contributed by atoms with van der Waals surface area (Å²) >= 11 is 0. The van der Waals surface area contributed by atoms with Gasteiger partial charge in [0, 0.05) is 0 Å². The third-order valence-electron chi connectivity index (χ3n) is 3.73. The zero-order valence-corrected chi connectivity index (χ0v) is 12.5. The highest BCUT2D eigenvalue weighted by molar-refractivity contribution is 7.91. The molecule has 0 saturated heterocycles. The maximum Gasteiger partial charge on any atom is 0.182 e. The molecular formula is C16H20O2S. The van der Waals surface area contributed by atoms with Gasteiger partial charge in [0.15, 0.2) is 9.84 Å². The first kappa shape index (κ1) is 14.1. The quantitative estimate of drug-likeness (QED) is 0.842. The van der Waals surface area contributed by atoms with E-state index in [1.54, 1.807) is 24.3 Å². The van der Waals surface area contributed by atoms with Crippen molar-refractivity contribution >= 4 is 9.84 Å². The number of sulfone groups is 1. The summed E-state index contributed by atoms with van der Waals surface area (Å²) in [6.07, 6.45) is 5.04. The van der Waals surface area contributed by atoms with E-state index in [0.717, 1.165) is 17.6 Å². The first-order valence-electron chi connectivity index (χ1n) is 6.47. The van der Waals surface area contributed by atoms with Crippen molar-refractivity contribution in [1.82, 2.24) is 0 Å². The fourth-order valence-electron chi connectivity index (χ4n) is 2.50. The van der Waals surface area contributed by atoms with Crippen molar-refractivity contribution in [2.75, 3.05) is 5.75 Å². The molecular weight excluding hydrogens is 256 g/mol. The molecule has 0 spiro atoms. The number of allylic oxidation sites excluding steroid dienone is 3. The van der Waals surface area contributed by atoms with Gasteiger partial charge < -0.3 is 0 Å². The fourth-order valence-corrected chi connectivity index (χ4v) is 4.24. The van der Waals surface area contributed by atoms with Crippen molar-refractivity contribution in [3.05, 3.63) is 53.6 Å². The molecule has 19 heavy (non-hydrogen) atoms. The lowest BCUT2D eigenvalue weighted by Gasteiger charge is -2.31. The lowest BCUT2D eigenvalue weighted by Crippen LogP contribution is -2.24. The average Bonchev–Trinajstić information content (AvgIpc) is 2.35. The summed E-state index contributed by atoms with van der Waals surface area (Å²) < 4.78 is 25.0. The smallest absolute Gasteiger partial charge is 0.182 e. The second kappa shape index (κ2) is 4.97. The Bertz CT molecular complexity index is 620. The molecule has 0 aliphatic heterocycles. The van der Waals surface area contributed by atoms with Crippen molar-refractivity contribution in [3.8, 4) is 0 Å². The molecule has 0 atom stereocenters. The molecule has 0 unspecified atom stereocenters. The fraction of sp³-hybridized carbons (Fsp3) is 0.375. The molecule has 102 valence electrons. The van der Waals surface area contributed by atoms with E-state index in [2.05, 4.69) is 19.9 Å². The van der Waals surface area contributed by atoms with Crippen molar-refractivity contribution in [2.45, 2.75) is 32.1 Å². The van der Waals surface area contributed by atoms with E-state index >= 15 is 0 Å². The molecule has 1 aromatic carbocycles. The molecule has 0 saturated carbocycles. The number of hydrogen-bond acceptors (Lipinski definition) is 2. The summed E-state index contributed by atoms with van der Waals surface area (Å²) in [7, 11) is -3.26. The Morgan fingerprint density at radius 1 is 1.16 bits per heavy atom. The molecule has 3 heteroatoms. The monoisotopic (exact) mass is 276 g/mol. The van der Waals surface area contributed by atoms with Crippen molar-refractivity contribution < 1.29 is 8.42 Å². The van der Waals surface area contributed by atoms with Crippen LogP contribution in [-0.2, 0) is 9.84 Å². The maximum atomic E-state index is 12.5. The van der Waals surface area contributed by atoms with Gasteiger partial charge in [0.2, 0.25) is 0 Å². The zero-order valence-electron chi connectivity index (χ0n) is 11.7. The highest BCUT2D eigenvalue weighted by Gasteiger charge is 2.30. The number of benzene rings is 1. The molecule has 1 aromatic rings. The SMILES string of the molecule is CC1=C(CS(=O)(=O)c2ccccc2)C(C)(C)CC=C1. The van der Waals surface area contributed by atoms with Crippen molar-refractivity contribution in [1.29, 1.82) is 0 Å². The summed E-state index contributed by atoms with van der Waals surface area (Å²) in [6, 6.07) is 8.69. The Balaban J connectivity index is 2.38. The normalized spacial score (nSPS) is 18.7. The molecule has 2 rings (SSSR count). The molecule has 2 nitrogen and oxygen atoms in total. The first-order valence-corrected chi connectivity index (χ1v) is 8.13. The van der Waals surface area contributed by atoms with E-state index in [-0.39, 0.29) is 11.2 Å². The largest absolute Gasteiger partial charge is 0.223 e. The van der Waals surface area contributed by atoms with Gasteiger partial charge in [-0.05, 0) is 36.5 Å². The Hall–Kier alpha value is -1.35. The minimum absolute atomic E-state index is 0.0827. The van der Waals surface area contributed by atoms with Gasteiger partial charge in [0.05, 0.1) is 10.6 Å². The molecule has 0 radical (unpaired) electrons. The van der Waals surface area contributed by atoms with Crippen LogP contribution in [0, 0.1) is 5.41 Å². The molecule has 1 aliphatic carbocycles. The van der Waals surface area contributed by atoms with Gasteiger partial charge in [0.25, 0.3) is 0 Å². The van der Waals surface area contributed by atoms with Gasteiger partial charge in [-0.15, -0.1) is 0 Å². The first-order chi connectivity index (χ1) is 8.83. The number of hydrogen-bond donors (Lipinski definition) is 0. The predicted octanol–water partition coefficient (Wildman–Crippen LogP) is 3.76. The van der Waals surface area contributed by atoms with Crippen LogP contribution in [0.1, 0.15) is 27.2 Å². The second-order valence-electron chi connectivity index (χ2n) is 5.72. The summed E-state index contributed by atoms with van der Waals surface area (Å²) in [5.41, 5.74) is 2.02. The standard InChI is InChI=1S/C16H20O2S/c1-13-8-7-11-16(2,3)15(13)12-19(17,18)14-9-5-4-6-10-14/h4-10H,11-12H2,1-3H3. The van der Waals surface area contributed by atoms with E-state index in [1.807, 2.05) is 19.1 Å². The number of rotatable bonds is 3. The minimum Gasteiger partial charge on any atom is -0.223 e. The highest BCUT2D eigenvalue weighted by Crippen LogP contribution is 2.38. The Morgan fingerprint density at radius 3 is 2.37 bits per heavy atom. The van der Waals surface area contributed by atoms with Crippen molar-refractivity contribution in [3.63, 3.8) is 0 Å². The van der Waals surface area contributed by atoms with Crippen LogP contribution in [-0.4, -0.2) is 14.2 Å². The van der Waals surface area contributed by atoms with Crippen LogP contribution in [0.2, 0.25) is 0 Å². The van der Waals surface area contributed by atoms with E-state index in [9.17, 15) is 8.42 Å². The molecule has 0 amide bonds. The summed E-state index contributed by atoms with van der Waals surface area (Å²) in [5, 5.41) is 0. The Kier molecular flexibility index (Phi) is 3.68. The molecule has 0 bridgehead atoms. The van der Waals surface area contributed by atoms with E-state index < -0.39 is 9.84 Å². The van der Waals surface area contributed by atoms with Gasteiger partial charge in [0.1, 0.15) is 0 Å². The highest BCUT2D eigenvalue weighted by atomic mass is 32.2. The van der Waals surface area contributed by atoms with Gasteiger partial charge >= 0.3 is 0 Å². The molecule has 0 N–H and O–H groups in total. The Labute approximate surface area is 115 Å². The van der Waals surface area contributed by atoms with Crippen LogP contribution in [0.5, 0.6) is 0 Å². The minimum atomic E-state index is -3.26. The summed E-state index contributed by atoms with van der Waals surface area (Å²) in [6.45, 7) is 6.21. The summed E-state index contributed by atoms with van der Waals surface area (Å²) in [5.74, 6) is 0.111. The lowest BCUT2D eigenvalue weighted by atomic mass is 9.77. The van der Waals surface area contributed by atoms with Crippen molar-refractivity contribution in [2.24, 2.45) is 5.41 Å². The van der Waals surface area contributed by atoms with Gasteiger partial charge in [-0.3, -0.25) is 0 Å². The van der Waals surface area contributed by atoms with E-state index in [1.165, 1.54) is 0 Å². The van der Waals surface area contributed by atoms with Crippen LogP contribution in [0.15, 0.2) is 58.5 Å². The Morgan fingerprint density at radius 2 is 1.79 bits per heavy atom. The predicted molar refractivity (Wildman–Crippen MR) is 78.7 cm³/mol. The maximum absolute atomic E-state index is 12.5. The third-order valence-corrected chi connectivity index (χ3v) is 5.38. The van der Waals surface area contributed by atoms with Gasteiger partial charge in [-0.2, -0.15) is 0 Å². The summed E-state index contributed by atoms with van der Waals surface area (Å²) in [4.78, 5) is 0.403. The van der Waals surface area contributed by atoms with E-state index in [0.29, 0.717) is 4.90 Å². The average molecular weight is 276 g/mol. The van der Waals surface area contributed by atoms with Crippen LogP contribution in [0.3, 0.4) is 0 Å². The molecule has 0 fully saturated rings. The van der Waals surface area contributed by atoms with Crippen LogP contribution < -0.4 is 0 Å². The van der Waals surface area contributed by atoms with Crippen LogP contribution in [0.25, 0.3) is 0 Å². The zero-order chi connectivity index (χ0) is 14.1. The van der Waals surface area contributed by atoms with Gasteiger partial charge in [-0.1, -0.05) is 49.8 Å². The third kappa shape index (κ3) is 2.98. The molecule has 0 aromatic heterocycles. The van der Waals surface area contributed by atoms with Gasteiger partial charge in [-0.25, -0.2) is 8.42 Å². The van der Waals surface area contributed by atoms with E-state index in [4.69, 9.17) is 0 Å². The second-order valence-corrected chi connectivity index (χ2v) is 7.71. The van der Waals surface area contributed by atoms with Crippen LogP contribution in [0.4, 0.5) is 0 Å².